The molecule has 0 radical (unpaired) electrons. The highest BCUT2D eigenvalue weighted by Gasteiger charge is 2.21. The van der Waals surface area contributed by atoms with Crippen molar-refractivity contribution in [2.75, 3.05) is 33.3 Å². The normalized spacial score (nSPS) is 15.4. The van der Waals surface area contributed by atoms with Crippen LogP contribution in [0.5, 0.6) is 5.75 Å². The smallest absolute Gasteiger partial charge is 0.227 e. The minimum Gasteiger partial charge on any atom is -0.496 e. The average Bonchev–Trinajstić information content (AvgIpc) is 2.73. The maximum absolute atomic E-state index is 12.5. The maximum Gasteiger partial charge on any atom is 0.227 e. The van der Waals surface area contributed by atoms with Gasteiger partial charge in [0.2, 0.25) is 11.8 Å². The molecule has 0 atom stereocenters. The summed E-state index contributed by atoms with van der Waals surface area (Å²) in [6, 6.07) is 5.27. The van der Waals surface area contributed by atoms with Crippen LogP contribution in [-0.4, -0.2) is 54.9 Å². The van der Waals surface area contributed by atoms with E-state index in [1.165, 1.54) is 0 Å². The van der Waals surface area contributed by atoms with E-state index in [9.17, 15) is 9.59 Å². The molecule has 22 heavy (non-hydrogen) atoms. The van der Waals surface area contributed by atoms with Crippen LogP contribution in [0.4, 0.5) is 0 Å². The molecule has 1 aliphatic heterocycles. The molecule has 1 saturated heterocycles. The minimum atomic E-state index is 0.0333. The monoisotopic (exact) mass is 324 g/mol. The zero-order chi connectivity index (χ0) is 16.1. The number of benzene rings is 1. The summed E-state index contributed by atoms with van der Waals surface area (Å²) < 4.78 is 5.28. The standard InChI is InChI=1S/C16H21ClN2O3/c1-12(20)18-6-3-7-19(9-8-18)16(21)11-13-10-14(17)4-5-15(13)22-2/h4-5,10H,3,6-9,11H2,1-2H3. The van der Waals surface area contributed by atoms with Crippen LogP contribution in [0.15, 0.2) is 18.2 Å². The van der Waals surface area contributed by atoms with Gasteiger partial charge in [0.15, 0.2) is 0 Å². The minimum absolute atomic E-state index is 0.0333. The fourth-order valence-corrected chi connectivity index (χ4v) is 2.84. The van der Waals surface area contributed by atoms with E-state index in [0.717, 1.165) is 12.0 Å². The van der Waals surface area contributed by atoms with Crippen LogP contribution in [0, 0.1) is 0 Å². The van der Waals surface area contributed by atoms with E-state index in [0.29, 0.717) is 37.0 Å². The first-order chi connectivity index (χ1) is 10.5. The lowest BCUT2D eigenvalue weighted by molar-refractivity contribution is -0.132. The van der Waals surface area contributed by atoms with Gasteiger partial charge in [-0.25, -0.2) is 0 Å². The molecule has 1 aromatic rings. The summed E-state index contributed by atoms with van der Waals surface area (Å²) in [4.78, 5) is 27.5. The van der Waals surface area contributed by atoms with Crippen molar-refractivity contribution in [3.63, 3.8) is 0 Å². The van der Waals surface area contributed by atoms with Crippen LogP contribution >= 0.6 is 11.6 Å². The van der Waals surface area contributed by atoms with Crippen LogP contribution < -0.4 is 4.74 Å². The van der Waals surface area contributed by atoms with Gasteiger partial charge in [-0.3, -0.25) is 9.59 Å². The first-order valence-corrected chi connectivity index (χ1v) is 7.74. The Morgan fingerprint density at radius 1 is 1.18 bits per heavy atom. The van der Waals surface area contributed by atoms with Crippen molar-refractivity contribution < 1.29 is 14.3 Å². The highest BCUT2D eigenvalue weighted by Crippen LogP contribution is 2.23. The molecule has 0 unspecified atom stereocenters. The van der Waals surface area contributed by atoms with E-state index < -0.39 is 0 Å². The average molecular weight is 325 g/mol. The molecule has 1 heterocycles. The third-order valence-electron chi connectivity index (χ3n) is 3.88. The predicted octanol–water partition coefficient (Wildman–Crippen LogP) is 1.97. The molecule has 120 valence electrons. The molecule has 2 rings (SSSR count). The summed E-state index contributed by atoms with van der Waals surface area (Å²) in [7, 11) is 1.58. The summed E-state index contributed by atoms with van der Waals surface area (Å²) in [6.45, 7) is 4.11. The van der Waals surface area contributed by atoms with Gasteiger partial charge in [-0.05, 0) is 24.6 Å². The van der Waals surface area contributed by atoms with Crippen molar-refractivity contribution >= 4 is 23.4 Å². The van der Waals surface area contributed by atoms with Gasteiger partial charge in [0.1, 0.15) is 5.75 Å². The molecule has 0 N–H and O–H groups in total. The molecule has 1 fully saturated rings. The number of hydrogen-bond acceptors (Lipinski definition) is 3. The van der Waals surface area contributed by atoms with E-state index in [4.69, 9.17) is 16.3 Å². The van der Waals surface area contributed by atoms with Crippen LogP contribution in [-0.2, 0) is 16.0 Å². The second-order valence-corrected chi connectivity index (χ2v) is 5.81. The lowest BCUT2D eigenvalue weighted by Crippen LogP contribution is -2.37. The molecule has 1 aliphatic rings. The molecule has 0 aliphatic carbocycles. The lowest BCUT2D eigenvalue weighted by atomic mass is 10.1. The summed E-state index contributed by atoms with van der Waals surface area (Å²) in [5.74, 6) is 0.759. The van der Waals surface area contributed by atoms with E-state index in [1.807, 2.05) is 4.90 Å². The molecule has 1 aromatic carbocycles. The number of halogens is 1. The molecule has 0 saturated carbocycles. The quantitative estimate of drug-likeness (QED) is 0.854. The van der Waals surface area contributed by atoms with Gasteiger partial charge >= 0.3 is 0 Å². The second-order valence-electron chi connectivity index (χ2n) is 5.37. The van der Waals surface area contributed by atoms with Crippen molar-refractivity contribution in [1.29, 1.82) is 0 Å². The van der Waals surface area contributed by atoms with Crippen LogP contribution in [0.1, 0.15) is 18.9 Å². The fraction of sp³-hybridized carbons (Fsp3) is 0.500. The summed E-state index contributed by atoms with van der Waals surface area (Å²) in [5, 5.41) is 0.585. The number of methoxy groups -OCH3 is 1. The van der Waals surface area contributed by atoms with E-state index in [-0.39, 0.29) is 18.2 Å². The van der Waals surface area contributed by atoms with Gasteiger partial charge in [0.05, 0.1) is 13.5 Å². The topological polar surface area (TPSA) is 49.9 Å². The van der Waals surface area contributed by atoms with Gasteiger partial charge in [0, 0.05) is 43.7 Å². The second kappa shape index (κ2) is 7.49. The maximum atomic E-state index is 12.5. The van der Waals surface area contributed by atoms with Gasteiger partial charge in [-0.2, -0.15) is 0 Å². The van der Waals surface area contributed by atoms with Crippen molar-refractivity contribution in [3.8, 4) is 5.75 Å². The van der Waals surface area contributed by atoms with Gasteiger partial charge in [0.25, 0.3) is 0 Å². The zero-order valence-electron chi connectivity index (χ0n) is 13.0. The van der Waals surface area contributed by atoms with E-state index in [2.05, 4.69) is 0 Å². The summed E-state index contributed by atoms with van der Waals surface area (Å²) >= 11 is 6.00. The van der Waals surface area contributed by atoms with E-state index in [1.54, 1.807) is 37.1 Å². The molecule has 0 aromatic heterocycles. The Kier molecular flexibility index (Phi) is 5.66. The molecule has 5 nitrogen and oxygen atoms in total. The van der Waals surface area contributed by atoms with Crippen LogP contribution in [0.2, 0.25) is 5.02 Å². The number of amides is 2. The third-order valence-corrected chi connectivity index (χ3v) is 4.11. The van der Waals surface area contributed by atoms with Gasteiger partial charge in [-0.1, -0.05) is 11.6 Å². The highest BCUT2D eigenvalue weighted by atomic mass is 35.5. The molecule has 6 heteroatoms. The number of ether oxygens (including phenoxy) is 1. The van der Waals surface area contributed by atoms with Crippen LogP contribution in [0.25, 0.3) is 0 Å². The Bertz CT molecular complexity index is 562. The Morgan fingerprint density at radius 2 is 1.86 bits per heavy atom. The SMILES string of the molecule is COc1ccc(Cl)cc1CC(=O)N1CCCN(C(C)=O)CC1. The lowest BCUT2D eigenvalue weighted by Gasteiger charge is -2.22. The molecular formula is C16H21ClN2O3. The summed E-state index contributed by atoms with van der Waals surface area (Å²) in [5.41, 5.74) is 0.785. The van der Waals surface area contributed by atoms with E-state index >= 15 is 0 Å². The number of rotatable bonds is 3. The largest absolute Gasteiger partial charge is 0.496 e. The molecule has 0 bridgehead atoms. The van der Waals surface area contributed by atoms with Gasteiger partial charge < -0.3 is 14.5 Å². The number of hydrogen-bond donors (Lipinski definition) is 0. The Morgan fingerprint density at radius 3 is 2.55 bits per heavy atom. The fourth-order valence-electron chi connectivity index (χ4n) is 2.64. The van der Waals surface area contributed by atoms with Crippen LogP contribution in [0.3, 0.4) is 0 Å². The van der Waals surface area contributed by atoms with Gasteiger partial charge in [-0.15, -0.1) is 0 Å². The molecular weight excluding hydrogens is 304 g/mol. The first kappa shape index (κ1) is 16.6. The third kappa shape index (κ3) is 4.13. The van der Waals surface area contributed by atoms with Crippen molar-refractivity contribution in [1.82, 2.24) is 9.80 Å². The first-order valence-electron chi connectivity index (χ1n) is 7.37. The molecule has 2 amide bonds. The highest BCUT2D eigenvalue weighted by molar-refractivity contribution is 6.30. The van der Waals surface area contributed by atoms with Crippen molar-refractivity contribution in [2.45, 2.75) is 19.8 Å². The summed E-state index contributed by atoms with van der Waals surface area (Å²) in [6.07, 6.45) is 1.06. The Labute approximate surface area is 135 Å². The van der Waals surface area contributed by atoms with Crippen molar-refractivity contribution in [3.05, 3.63) is 28.8 Å². The predicted molar refractivity (Wildman–Crippen MR) is 85.2 cm³/mol. The van der Waals surface area contributed by atoms with Crippen molar-refractivity contribution in [2.24, 2.45) is 0 Å². The molecule has 0 spiro atoms. The zero-order valence-corrected chi connectivity index (χ0v) is 13.7. The Hall–Kier alpha value is -1.75. The number of carbonyl (C=O) groups is 2. The Balaban J connectivity index is 2.03. The number of carbonyl (C=O) groups excluding carboxylic acids is 2. The number of nitrogens with zero attached hydrogens (tertiary/aromatic N) is 2.